The van der Waals surface area contributed by atoms with E-state index in [-0.39, 0.29) is 0 Å². The zero-order valence-corrected chi connectivity index (χ0v) is 15.6. The van der Waals surface area contributed by atoms with Gasteiger partial charge in [-0.3, -0.25) is 0 Å². The summed E-state index contributed by atoms with van der Waals surface area (Å²) in [6.07, 6.45) is 1.49. The molecule has 3 rings (SSSR count). The molecule has 0 saturated heterocycles. The van der Waals surface area contributed by atoms with Crippen LogP contribution in [0.25, 0.3) is 11.1 Å². The maximum absolute atomic E-state index is 6.16. The molecule has 0 aromatic carbocycles. The van der Waals surface area contributed by atoms with E-state index in [4.69, 9.17) is 16.0 Å². The highest BCUT2D eigenvalue weighted by molar-refractivity contribution is 9.10. The number of hydrogen-bond donors (Lipinski definition) is 1. The van der Waals surface area contributed by atoms with Crippen LogP contribution in [0.15, 0.2) is 32.5 Å². The molecule has 0 radical (unpaired) electrons. The standard InChI is InChI=1S/C17H14BrClN2OS/c1-2-3-4-7-13-15(18)16-17(22-13)12(9-14(19)21-16)20-10-11-6-5-8-23-11/h5-6,8-9H,4,7,10H2,1H3,(H,20,21). The Morgan fingerprint density at radius 1 is 1.48 bits per heavy atom. The van der Waals surface area contributed by atoms with Crippen LogP contribution in [-0.2, 0) is 13.0 Å². The van der Waals surface area contributed by atoms with Crippen LogP contribution in [0, 0.1) is 11.8 Å². The molecule has 3 aromatic rings. The van der Waals surface area contributed by atoms with E-state index in [2.05, 4.69) is 49.5 Å². The Morgan fingerprint density at radius 2 is 2.35 bits per heavy atom. The lowest BCUT2D eigenvalue weighted by Gasteiger charge is -2.05. The Labute approximate surface area is 152 Å². The highest BCUT2D eigenvalue weighted by Crippen LogP contribution is 2.36. The first-order valence-electron chi connectivity index (χ1n) is 7.12. The molecular formula is C17H14BrClN2OS. The van der Waals surface area contributed by atoms with E-state index in [9.17, 15) is 0 Å². The quantitative estimate of drug-likeness (QED) is 0.423. The number of nitrogens with one attached hydrogen (secondary N) is 1. The molecule has 3 heterocycles. The molecule has 0 aliphatic rings. The molecule has 0 bridgehead atoms. The van der Waals surface area contributed by atoms with Crippen LogP contribution in [0.3, 0.4) is 0 Å². The van der Waals surface area contributed by atoms with Crippen molar-refractivity contribution in [3.63, 3.8) is 0 Å². The monoisotopic (exact) mass is 408 g/mol. The minimum absolute atomic E-state index is 0.438. The van der Waals surface area contributed by atoms with Gasteiger partial charge in [0.25, 0.3) is 0 Å². The van der Waals surface area contributed by atoms with Gasteiger partial charge in [-0.05, 0) is 34.3 Å². The molecule has 0 aliphatic heterocycles. The van der Waals surface area contributed by atoms with E-state index in [1.54, 1.807) is 17.4 Å². The van der Waals surface area contributed by atoms with Crippen molar-refractivity contribution in [3.8, 4) is 11.8 Å². The van der Waals surface area contributed by atoms with E-state index < -0.39 is 0 Å². The van der Waals surface area contributed by atoms with Gasteiger partial charge in [0.1, 0.15) is 16.4 Å². The van der Waals surface area contributed by atoms with Gasteiger partial charge in [-0.2, -0.15) is 0 Å². The second kappa shape index (κ2) is 7.39. The zero-order chi connectivity index (χ0) is 16.2. The van der Waals surface area contributed by atoms with Crippen LogP contribution in [0.1, 0.15) is 24.0 Å². The van der Waals surface area contributed by atoms with E-state index in [0.717, 1.165) is 46.4 Å². The van der Waals surface area contributed by atoms with Crippen LogP contribution in [0.2, 0.25) is 5.15 Å². The minimum atomic E-state index is 0.438. The molecule has 3 aromatic heterocycles. The van der Waals surface area contributed by atoms with Crippen molar-refractivity contribution < 1.29 is 4.42 Å². The fourth-order valence-corrected chi connectivity index (χ4v) is 3.63. The van der Waals surface area contributed by atoms with Crippen LogP contribution in [-0.4, -0.2) is 4.98 Å². The number of anilines is 1. The van der Waals surface area contributed by atoms with Gasteiger partial charge in [0, 0.05) is 30.3 Å². The second-order valence-electron chi connectivity index (χ2n) is 4.87. The van der Waals surface area contributed by atoms with Gasteiger partial charge in [0.15, 0.2) is 5.58 Å². The predicted molar refractivity (Wildman–Crippen MR) is 100 cm³/mol. The Bertz CT molecular complexity index is 878. The molecule has 0 atom stereocenters. The smallest absolute Gasteiger partial charge is 0.177 e. The summed E-state index contributed by atoms with van der Waals surface area (Å²) in [5.41, 5.74) is 2.31. The first kappa shape index (κ1) is 16.4. The number of thiophene rings is 1. The first-order chi connectivity index (χ1) is 11.2. The summed E-state index contributed by atoms with van der Waals surface area (Å²) in [6, 6.07) is 5.92. The topological polar surface area (TPSA) is 38.1 Å². The molecule has 0 spiro atoms. The van der Waals surface area contributed by atoms with Crippen LogP contribution in [0.5, 0.6) is 0 Å². The van der Waals surface area contributed by atoms with Gasteiger partial charge in [-0.1, -0.05) is 17.7 Å². The molecule has 1 N–H and O–H groups in total. The first-order valence-corrected chi connectivity index (χ1v) is 9.17. The van der Waals surface area contributed by atoms with Gasteiger partial charge in [0.05, 0.1) is 10.2 Å². The van der Waals surface area contributed by atoms with E-state index in [1.165, 1.54) is 4.88 Å². The number of aromatic nitrogens is 1. The maximum Gasteiger partial charge on any atom is 0.177 e. The number of halogens is 2. The molecule has 3 nitrogen and oxygen atoms in total. The minimum Gasteiger partial charge on any atom is -0.456 e. The van der Waals surface area contributed by atoms with Crippen LogP contribution >= 0.6 is 38.9 Å². The molecule has 23 heavy (non-hydrogen) atoms. The van der Waals surface area contributed by atoms with Crippen molar-refractivity contribution >= 4 is 55.7 Å². The molecule has 0 aliphatic carbocycles. The summed E-state index contributed by atoms with van der Waals surface area (Å²) in [5, 5.41) is 5.88. The van der Waals surface area contributed by atoms with E-state index >= 15 is 0 Å². The van der Waals surface area contributed by atoms with Gasteiger partial charge < -0.3 is 9.73 Å². The Kier molecular flexibility index (Phi) is 5.27. The van der Waals surface area contributed by atoms with Crippen molar-refractivity contribution in [2.24, 2.45) is 0 Å². The number of nitrogens with zero attached hydrogens (tertiary/aromatic N) is 1. The summed E-state index contributed by atoms with van der Waals surface area (Å²) in [6.45, 7) is 2.56. The number of fused-ring (bicyclic) bond motifs is 1. The SMILES string of the molecule is CC#CCCc1oc2c(NCc3cccs3)cc(Cl)nc2c1Br. The van der Waals surface area contributed by atoms with Crippen molar-refractivity contribution in [2.45, 2.75) is 26.3 Å². The fraction of sp³-hybridized carbons (Fsp3) is 0.235. The highest BCUT2D eigenvalue weighted by Gasteiger charge is 2.17. The average Bonchev–Trinajstić information content (AvgIpc) is 3.15. The molecule has 118 valence electrons. The van der Waals surface area contributed by atoms with Crippen molar-refractivity contribution in [1.82, 2.24) is 4.98 Å². The summed E-state index contributed by atoms with van der Waals surface area (Å²) < 4.78 is 6.86. The Morgan fingerprint density at radius 3 is 3.09 bits per heavy atom. The van der Waals surface area contributed by atoms with Gasteiger partial charge in [-0.15, -0.1) is 23.2 Å². The number of furan rings is 1. The number of aryl methyl sites for hydroxylation is 1. The van der Waals surface area contributed by atoms with Gasteiger partial charge in [0.2, 0.25) is 0 Å². The van der Waals surface area contributed by atoms with Gasteiger partial charge in [-0.25, -0.2) is 4.98 Å². The lowest BCUT2D eigenvalue weighted by Crippen LogP contribution is -1.98. The molecule has 6 heteroatoms. The third kappa shape index (κ3) is 3.72. The molecule has 0 unspecified atom stereocenters. The molecule has 0 amide bonds. The summed E-state index contributed by atoms with van der Waals surface area (Å²) in [5.74, 6) is 6.78. The van der Waals surface area contributed by atoms with Crippen LogP contribution < -0.4 is 5.32 Å². The Hall–Kier alpha value is -1.48. The summed E-state index contributed by atoms with van der Waals surface area (Å²) in [4.78, 5) is 5.63. The predicted octanol–water partition coefficient (Wildman–Crippen LogP) is 5.87. The van der Waals surface area contributed by atoms with Gasteiger partial charge >= 0.3 is 0 Å². The summed E-state index contributed by atoms with van der Waals surface area (Å²) >= 11 is 11.4. The van der Waals surface area contributed by atoms with Crippen molar-refractivity contribution in [2.75, 3.05) is 5.32 Å². The number of pyridine rings is 1. The highest BCUT2D eigenvalue weighted by atomic mass is 79.9. The van der Waals surface area contributed by atoms with Crippen molar-refractivity contribution in [3.05, 3.63) is 43.8 Å². The number of hydrogen-bond acceptors (Lipinski definition) is 4. The maximum atomic E-state index is 6.16. The summed E-state index contributed by atoms with van der Waals surface area (Å²) in [7, 11) is 0. The van der Waals surface area contributed by atoms with Crippen LogP contribution in [0.4, 0.5) is 5.69 Å². The third-order valence-electron chi connectivity index (χ3n) is 3.31. The third-order valence-corrected chi connectivity index (χ3v) is 5.19. The molecular weight excluding hydrogens is 396 g/mol. The van der Waals surface area contributed by atoms with Crippen molar-refractivity contribution in [1.29, 1.82) is 0 Å². The zero-order valence-electron chi connectivity index (χ0n) is 12.5. The lowest BCUT2D eigenvalue weighted by atomic mass is 10.2. The van der Waals surface area contributed by atoms with E-state index in [0.29, 0.717) is 5.15 Å². The fourth-order valence-electron chi connectivity index (χ4n) is 2.24. The molecule has 0 saturated carbocycles. The van der Waals surface area contributed by atoms with E-state index in [1.807, 2.05) is 13.0 Å². The lowest BCUT2D eigenvalue weighted by molar-refractivity contribution is 0.548. The largest absolute Gasteiger partial charge is 0.456 e. The molecule has 0 fully saturated rings. The number of rotatable bonds is 5. The second-order valence-corrected chi connectivity index (χ2v) is 7.08. The Balaban J connectivity index is 1.93. The average molecular weight is 410 g/mol. The normalized spacial score (nSPS) is 10.6.